The molecule has 0 atom stereocenters. The van der Waals surface area contributed by atoms with Crippen LogP contribution in [0.25, 0.3) is 33.8 Å². The van der Waals surface area contributed by atoms with E-state index in [1.165, 1.54) is 20.3 Å². The Kier molecular flexibility index (Phi) is 18.1. The number of alkyl halides is 6. The Balaban J connectivity index is 0.000000280. The fourth-order valence-electron chi connectivity index (χ4n) is 7.31. The lowest BCUT2D eigenvalue weighted by atomic mass is 10.0. The molecule has 0 unspecified atom stereocenters. The maximum absolute atomic E-state index is 13.3. The van der Waals surface area contributed by atoms with Crippen molar-refractivity contribution in [2.24, 2.45) is 0 Å². The Bertz CT molecular complexity index is 3180. The van der Waals surface area contributed by atoms with Gasteiger partial charge in [-0.15, -0.1) is 5.54 Å². The van der Waals surface area contributed by atoms with Crippen LogP contribution in [0, 0.1) is 25.3 Å². The standard InChI is InChI=1S/C29H34F3N3O4Si.C24H25BrF3N3O4/c1-19-15-21(9-10-22(19)26(36)38-5)24-17-33-25-23(16-20(18-35(24)25)11-14-40(6,7)8)34(13-12-29(30,31)32)27(37)39-28(2,3)4;1-14-10-15(6-7-17(14)21(32)34-5)19-12-29-20-18(11-16(25)13-31(19)20)30(9-8-24(26,27)28)22(33)35-23(2,3)4/h9-10,15-18H,12-13H2,1-8H3;6-7,10-13H,8-9H2,1-5H3. The second-order valence-corrected chi connectivity index (χ2v) is 26.0. The molecule has 22 heteroatoms. The SMILES string of the molecule is COC(=O)c1ccc(-c2cnc3c(N(CCC(F)(F)F)C(=O)OC(C)(C)C)cc(Br)cn23)cc1C.COC(=O)c1ccc(-c2cnc3c(N(CCC(F)(F)F)C(=O)OC(C)(C)C)cc(C#C[Si](C)(C)C)cn23)cc1C. The van der Waals surface area contributed by atoms with Gasteiger partial charge in [-0.05, 0) is 119 Å². The third-order valence-electron chi connectivity index (χ3n) is 10.6. The number of amides is 2. The van der Waals surface area contributed by atoms with Crippen LogP contribution in [0.1, 0.15) is 91.8 Å². The van der Waals surface area contributed by atoms with Crippen molar-refractivity contribution >= 4 is 70.8 Å². The maximum atomic E-state index is 13.3. The first-order valence-electron chi connectivity index (χ1n) is 23.3. The van der Waals surface area contributed by atoms with Gasteiger partial charge in [-0.1, -0.05) is 37.7 Å². The number of methoxy groups -OCH3 is 2. The van der Waals surface area contributed by atoms with E-state index in [-0.39, 0.29) is 22.7 Å². The van der Waals surface area contributed by atoms with Gasteiger partial charge in [0.25, 0.3) is 0 Å². The molecule has 0 aliphatic rings. The summed E-state index contributed by atoms with van der Waals surface area (Å²) in [6.45, 7) is 18.3. The average molecular weight is 1130 g/mol. The maximum Gasteiger partial charge on any atom is 0.414 e. The molecule has 2 aromatic carbocycles. The number of anilines is 2. The molecule has 0 fully saturated rings. The van der Waals surface area contributed by atoms with Gasteiger partial charge in [-0.2, -0.15) is 26.3 Å². The summed E-state index contributed by atoms with van der Waals surface area (Å²) < 4.78 is 103. The number of imidazole rings is 2. The molecule has 0 aliphatic carbocycles. The number of rotatable bonds is 10. The van der Waals surface area contributed by atoms with Crippen LogP contribution in [0.3, 0.4) is 0 Å². The summed E-state index contributed by atoms with van der Waals surface area (Å²) in [5, 5.41) is 0. The fraction of sp³-hybridized carbons (Fsp3) is 0.396. The van der Waals surface area contributed by atoms with Crippen LogP contribution >= 0.6 is 15.9 Å². The number of hydrogen-bond donors (Lipinski definition) is 0. The molecule has 75 heavy (non-hydrogen) atoms. The van der Waals surface area contributed by atoms with Crippen molar-refractivity contribution in [2.45, 2.75) is 111 Å². The van der Waals surface area contributed by atoms with Crippen LogP contribution in [-0.2, 0) is 18.9 Å². The minimum Gasteiger partial charge on any atom is -0.465 e. The van der Waals surface area contributed by atoms with E-state index in [9.17, 15) is 45.5 Å². The Morgan fingerprint density at radius 1 is 0.640 bits per heavy atom. The molecule has 14 nitrogen and oxygen atoms in total. The van der Waals surface area contributed by atoms with Gasteiger partial charge in [-0.3, -0.25) is 18.6 Å². The minimum atomic E-state index is -4.49. The summed E-state index contributed by atoms with van der Waals surface area (Å²) in [6.07, 6.45) is -6.68. The number of carbonyl (C=O) groups excluding carboxylic acids is 4. The van der Waals surface area contributed by atoms with Gasteiger partial charge in [-0.25, -0.2) is 29.1 Å². The highest BCUT2D eigenvalue weighted by Gasteiger charge is 2.35. The summed E-state index contributed by atoms with van der Waals surface area (Å²) in [6, 6.07) is 13.4. The Morgan fingerprint density at radius 3 is 1.40 bits per heavy atom. The molecule has 6 aromatic rings. The number of aryl methyl sites for hydroxylation is 2. The van der Waals surface area contributed by atoms with Crippen molar-refractivity contribution in [2.75, 3.05) is 37.1 Å². The largest absolute Gasteiger partial charge is 0.465 e. The van der Waals surface area contributed by atoms with Gasteiger partial charge < -0.3 is 18.9 Å². The van der Waals surface area contributed by atoms with Crippen molar-refractivity contribution in [3.63, 3.8) is 0 Å². The number of aromatic nitrogens is 4. The minimum absolute atomic E-state index is 0.148. The highest BCUT2D eigenvalue weighted by atomic mass is 79.9. The molecule has 4 aromatic heterocycles. The van der Waals surface area contributed by atoms with E-state index in [2.05, 4.69) is 57.0 Å². The predicted molar refractivity (Wildman–Crippen MR) is 280 cm³/mol. The van der Waals surface area contributed by atoms with Crippen molar-refractivity contribution in [1.82, 2.24) is 18.8 Å². The average Bonchev–Trinajstić information content (AvgIpc) is 3.91. The van der Waals surface area contributed by atoms with E-state index >= 15 is 0 Å². The van der Waals surface area contributed by atoms with Crippen LogP contribution in [0.4, 0.5) is 47.3 Å². The van der Waals surface area contributed by atoms with Gasteiger partial charge in [0.05, 0.1) is 73.3 Å². The van der Waals surface area contributed by atoms with E-state index in [1.54, 1.807) is 131 Å². The van der Waals surface area contributed by atoms with Gasteiger partial charge in [0, 0.05) is 46.6 Å². The van der Waals surface area contributed by atoms with Crippen LogP contribution in [0.2, 0.25) is 19.6 Å². The number of pyridine rings is 2. The Morgan fingerprint density at radius 2 is 1.04 bits per heavy atom. The molecule has 0 saturated carbocycles. The molecular weight excluding hydrogens is 1070 g/mol. The van der Waals surface area contributed by atoms with Crippen LogP contribution in [0.15, 0.2) is 77.8 Å². The quantitative estimate of drug-likeness (QED) is 0.0427. The zero-order valence-electron chi connectivity index (χ0n) is 43.9. The first-order valence-corrected chi connectivity index (χ1v) is 27.6. The highest BCUT2D eigenvalue weighted by Crippen LogP contribution is 2.35. The number of halogens is 7. The van der Waals surface area contributed by atoms with Crippen LogP contribution in [0.5, 0.6) is 0 Å². The molecule has 0 saturated heterocycles. The molecule has 402 valence electrons. The monoisotopic (exact) mass is 1130 g/mol. The van der Waals surface area contributed by atoms with Crippen LogP contribution < -0.4 is 9.80 Å². The second-order valence-electron chi connectivity index (χ2n) is 20.4. The normalized spacial score (nSPS) is 12.1. The van der Waals surface area contributed by atoms with Crippen molar-refractivity contribution in [1.29, 1.82) is 0 Å². The number of hydrogen-bond acceptors (Lipinski definition) is 10. The van der Waals surface area contributed by atoms with Gasteiger partial charge in [0.2, 0.25) is 0 Å². The lowest BCUT2D eigenvalue weighted by molar-refractivity contribution is -0.133. The zero-order valence-corrected chi connectivity index (χ0v) is 46.4. The highest BCUT2D eigenvalue weighted by molar-refractivity contribution is 9.10. The van der Waals surface area contributed by atoms with Gasteiger partial charge in [0.15, 0.2) is 11.3 Å². The molecule has 4 heterocycles. The van der Waals surface area contributed by atoms with E-state index in [0.29, 0.717) is 54.8 Å². The van der Waals surface area contributed by atoms with Crippen LogP contribution in [-0.4, -0.2) is 102 Å². The number of nitrogens with zero attached hydrogens (tertiary/aromatic N) is 6. The molecule has 2 amide bonds. The molecule has 0 spiro atoms. The van der Waals surface area contributed by atoms with Gasteiger partial charge >= 0.3 is 36.5 Å². The number of benzene rings is 2. The number of esters is 2. The van der Waals surface area contributed by atoms with E-state index < -0.39 is 81.7 Å². The van der Waals surface area contributed by atoms with E-state index in [1.807, 2.05) is 0 Å². The Hall–Kier alpha value is -6.86. The predicted octanol–water partition coefficient (Wildman–Crippen LogP) is 13.6. The zero-order chi connectivity index (χ0) is 56.2. The second kappa shape index (κ2) is 22.9. The molecule has 0 radical (unpaired) electrons. The molecule has 0 aliphatic heterocycles. The number of fused-ring (bicyclic) bond motifs is 2. The van der Waals surface area contributed by atoms with Crippen molar-refractivity contribution in [3.05, 3.63) is 106 Å². The molecule has 6 rings (SSSR count). The first kappa shape index (κ1) is 59.0. The summed E-state index contributed by atoms with van der Waals surface area (Å²) in [4.78, 5) is 61.0. The lowest BCUT2D eigenvalue weighted by Gasteiger charge is -2.28. The summed E-state index contributed by atoms with van der Waals surface area (Å²) >= 11 is 3.39. The number of carbonyl (C=O) groups is 4. The molecule has 0 N–H and O–H groups in total. The van der Waals surface area contributed by atoms with Gasteiger partial charge in [0.1, 0.15) is 19.3 Å². The summed E-state index contributed by atoms with van der Waals surface area (Å²) in [7, 11) is 0.786. The smallest absolute Gasteiger partial charge is 0.414 e. The van der Waals surface area contributed by atoms with E-state index in [4.69, 9.17) is 18.9 Å². The topological polar surface area (TPSA) is 146 Å². The Labute approximate surface area is 440 Å². The first-order chi connectivity index (χ1) is 34.6. The number of ether oxygens (including phenoxy) is 4. The lowest BCUT2D eigenvalue weighted by Crippen LogP contribution is -2.39. The molecular formula is C53H59BrF6N6O8Si. The summed E-state index contributed by atoms with van der Waals surface area (Å²) in [5.74, 6) is 2.21. The summed E-state index contributed by atoms with van der Waals surface area (Å²) in [5.41, 5.74) is 7.59. The van der Waals surface area contributed by atoms with E-state index in [0.717, 1.165) is 9.80 Å². The van der Waals surface area contributed by atoms with Crippen molar-refractivity contribution in [3.8, 4) is 34.0 Å². The third-order valence-corrected chi connectivity index (χ3v) is 11.9. The van der Waals surface area contributed by atoms with Crippen molar-refractivity contribution < 1.29 is 64.5 Å². The fourth-order valence-corrected chi connectivity index (χ4v) is 8.25. The molecule has 0 bridgehead atoms. The third kappa shape index (κ3) is 16.1.